The fourth-order valence-corrected chi connectivity index (χ4v) is 2.36. The van der Waals surface area contributed by atoms with E-state index in [0.29, 0.717) is 20.5 Å². The van der Waals surface area contributed by atoms with E-state index in [0.717, 1.165) is 0 Å². The lowest BCUT2D eigenvalue weighted by Crippen LogP contribution is -2.26. The van der Waals surface area contributed by atoms with Gasteiger partial charge in [0.05, 0.1) is 10.7 Å². The van der Waals surface area contributed by atoms with E-state index in [4.69, 9.17) is 18.9 Å². The maximum Gasteiger partial charge on any atom is 0.514 e. The highest BCUT2D eigenvalue weighted by atomic mass is 127. The van der Waals surface area contributed by atoms with Crippen molar-refractivity contribution in [1.82, 2.24) is 0 Å². The van der Waals surface area contributed by atoms with Crippen molar-refractivity contribution in [3.8, 4) is 11.5 Å². The highest BCUT2D eigenvalue weighted by Gasteiger charge is 2.21. The lowest BCUT2D eigenvalue weighted by atomic mass is 10.2. The summed E-state index contributed by atoms with van der Waals surface area (Å²) in [7, 11) is 1.46. The predicted molar refractivity (Wildman–Crippen MR) is 97.2 cm³/mol. The Bertz CT molecular complexity index is 645. The van der Waals surface area contributed by atoms with Crippen molar-refractivity contribution in [2.24, 2.45) is 0 Å². The van der Waals surface area contributed by atoms with Crippen LogP contribution in [0.25, 0.3) is 0 Å². The third kappa shape index (κ3) is 6.38. The van der Waals surface area contributed by atoms with Crippen molar-refractivity contribution in [3.63, 3.8) is 0 Å². The van der Waals surface area contributed by atoms with E-state index in [9.17, 15) is 9.59 Å². The summed E-state index contributed by atoms with van der Waals surface area (Å²) in [6.07, 6.45) is -0.819. The van der Waals surface area contributed by atoms with Gasteiger partial charge in [-0.05, 0) is 68.0 Å². The molecule has 0 saturated heterocycles. The number of benzene rings is 1. The van der Waals surface area contributed by atoms with Crippen molar-refractivity contribution in [1.29, 1.82) is 0 Å². The van der Waals surface area contributed by atoms with Gasteiger partial charge in [-0.15, -0.1) is 0 Å². The summed E-state index contributed by atoms with van der Waals surface area (Å²) in [5, 5.41) is 0. The van der Waals surface area contributed by atoms with Crippen LogP contribution in [0.2, 0.25) is 0 Å². The SMILES string of the molecule is C=C(C)C(=O)OCc1cc(I)c(OC(=O)OC(C)(C)C)c(OC)c1. The molecule has 0 aliphatic carbocycles. The fourth-order valence-electron chi connectivity index (χ4n) is 1.58. The molecule has 0 spiro atoms. The van der Waals surface area contributed by atoms with Gasteiger partial charge in [0, 0.05) is 5.57 Å². The molecule has 0 saturated carbocycles. The lowest BCUT2D eigenvalue weighted by Gasteiger charge is -2.20. The quantitative estimate of drug-likeness (QED) is 0.291. The summed E-state index contributed by atoms with van der Waals surface area (Å²) >= 11 is 2.01. The molecule has 7 heteroatoms. The molecule has 0 unspecified atom stereocenters. The van der Waals surface area contributed by atoms with E-state index in [1.165, 1.54) is 7.11 Å². The number of esters is 1. The molecule has 6 nitrogen and oxygen atoms in total. The molecule has 0 bridgehead atoms. The lowest BCUT2D eigenvalue weighted by molar-refractivity contribution is -0.140. The second kappa shape index (κ2) is 8.36. The second-order valence-corrected chi connectivity index (χ2v) is 7.19. The molecule has 0 N–H and O–H groups in total. The molecular formula is C17H21IO6. The van der Waals surface area contributed by atoms with Gasteiger partial charge in [0.25, 0.3) is 0 Å². The Morgan fingerprint density at radius 3 is 2.38 bits per heavy atom. The van der Waals surface area contributed by atoms with Crippen LogP contribution in [0, 0.1) is 3.57 Å². The average Bonchev–Trinajstić information content (AvgIpc) is 2.44. The van der Waals surface area contributed by atoms with Crippen molar-refractivity contribution >= 4 is 34.7 Å². The van der Waals surface area contributed by atoms with Gasteiger partial charge in [-0.3, -0.25) is 0 Å². The number of rotatable bonds is 5. The maximum atomic E-state index is 11.8. The molecular weight excluding hydrogens is 427 g/mol. The molecule has 1 rings (SSSR count). The summed E-state index contributed by atoms with van der Waals surface area (Å²) in [6, 6.07) is 3.36. The molecule has 0 atom stereocenters. The average molecular weight is 448 g/mol. The van der Waals surface area contributed by atoms with Crippen LogP contribution in [0.3, 0.4) is 0 Å². The van der Waals surface area contributed by atoms with Crippen molar-refractivity contribution in [3.05, 3.63) is 33.4 Å². The molecule has 0 amide bonds. The molecule has 132 valence electrons. The first kappa shape index (κ1) is 20.3. The van der Waals surface area contributed by atoms with Crippen LogP contribution in [-0.2, 0) is 20.9 Å². The normalized spacial score (nSPS) is 10.8. The Kier molecular flexibility index (Phi) is 7.07. The summed E-state index contributed by atoms with van der Waals surface area (Å²) in [5.41, 5.74) is 0.357. The van der Waals surface area contributed by atoms with Crippen LogP contribution in [0.15, 0.2) is 24.3 Å². The third-order valence-electron chi connectivity index (χ3n) is 2.58. The molecule has 1 aromatic rings. The maximum absolute atomic E-state index is 11.8. The highest BCUT2D eigenvalue weighted by Crippen LogP contribution is 2.34. The summed E-state index contributed by atoms with van der Waals surface area (Å²) in [5.74, 6) is 0.120. The highest BCUT2D eigenvalue weighted by molar-refractivity contribution is 14.1. The Morgan fingerprint density at radius 2 is 1.88 bits per heavy atom. The number of hydrogen-bond donors (Lipinski definition) is 0. The topological polar surface area (TPSA) is 71.1 Å². The van der Waals surface area contributed by atoms with E-state index >= 15 is 0 Å². The summed E-state index contributed by atoms with van der Waals surface area (Å²) in [4.78, 5) is 23.3. The van der Waals surface area contributed by atoms with Gasteiger partial charge in [-0.1, -0.05) is 6.58 Å². The van der Waals surface area contributed by atoms with Gasteiger partial charge in [-0.25, -0.2) is 9.59 Å². The van der Waals surface area contributed by atoms with Crippen molar-refractivity contribution < 1.29 is 28.5 Å². The minimum Gasteiger partial charge on any atom is -0.493 e. The number of hydrogen-bond acceptors (Lipinski definition) is 6. The molecule has 0 heterocycles. The van der Waals surface area contributed by atoms with Gasteiger partial charge < -0.3 is 18.9 Å². The first-order chi connectivity index (χ1) is 11.0. The van der Waals surface area contributed by atoms with Crippen LogP contribution in [0.5, 0.6) is 11.5 Å². The van der Waals surface area contributed by atoms with E-state index in [1.807, 2.05) is 22.6 Å². The van der Waals surface area contributed by atoms with E-state index in [2.05, 4.69) is 6.58 Å². The molecule has 0 fully saturated rings. The largest absolute Gasteiger partial charge is 0.514 e. The number of ether oxygens (including phenoxy) is 4. The zero-order valence-corrected chi connectivity index (χ0v) is 16.6. The zero-order chi connectivity index (χ0) is 18.5. The molecule has 24 heavy (non-hydrogen) atoms. The van der Waals surface area contributed by atoms with Gasteiger partial charge in [-0.2, -0.15) is 0 Å². The fraction of sp³-hybridized carbons (Fsp3) is 0.412. The first-order valence-electron chi connectivity index (χ1n) is 7.13. The van der Waals surface area contributed by atoms with Crippen LogP contribution >= 0.6 is 22.6 Å². The first-order valence-corrected chi connectivity index (χ1v) is 8.21. The van der Waals surface area contributed by atoms with Gasteiger partial charge in [0.2, 0.25) is 0 Å². The minimum absolute atomic E-state index is 0.0603. The summed E-state index contributed by atoms with van der Waals surface area (Å²) in [6.45, 7) is 10.4. The van der Waals surface area contributed by atoms with Gasteiger partial charge in [0.1, 0.15) is 12.2 Å². The van der Waals surface area contributed by atoms with E-state index in [1.54, 1.807) is 39.8 Å². The molecule has 1 aromatic carbocycles. The van der Waals surface area contributed by atoms with Crippen LogP contribution in [-0.4, -0.2) is 24.8 Å². The zero-order valence-electron chi connectivity index (χ0n) is 14.4. The van der Waals surface area contributed by atoms with E-state index in [-0.39, 0.29) is 12.4 Å². The number of methoxy groups -OCH3 is 1. The van der Waals surface area contributed by atoms with Gasteiger partial charge >= 0.3 is 12.1 Å². The number of carbonyl (C=O) groups is 2. The molecule has 0 aliphatic heterocycles. The van der Waals surface area contributed by atoms with Crippen LogP contribution in [0.4, 0.5) is 4.79 Å². The smallest absolute Gasteiger partial charge is 0.493 e. The second-order valence-electron chi connectivity index (χ2n) is 6.03. The number of halogens is 1. The van der Waals surface area contributed by atoms with Crippen LogP contribution in [0.1, 0.15) is 33.3 Å². The predicted octanol–water partition coefficient (Wildman–Crippen LogP) is 4.23. The Morgan fingerprint density at radius 1 is 1.25 bits per heavy atom. The number of carbonyl (C=O) groups excluding carboxylic acids is 2. The van der Waals surface area contributed by atoms with Gasteiger partial charge in [0.15, 0.2) is 11.5 Å². The molecule has 0 aromatic heterocycles. The van der Waals surface area contributed by atoms with Crippen molar-refractivity contribution in [2.45, 2.75) is 39.9 Å². The van der Waals surface area contributed by atoms with Crippen molar-refractivity contribution in [2.75, 3.05) is 7.11 Å². The summed E-state index contributed by atoms with van der Waals surface area (Å²) < 4.78 is 21.4. The van der Waals surface area contributed by atoms with E-state index < -0.39 is 17.7 Å². The monoisotopic (exact) mass is 448 g/mol. The standard InChI is InChI=1S/C17H21IO6/c1-10(2)15(19)22-9-11-7-12(18)14(13(8-11)21-6)23-16(20)24-17(3,4)5/h7-8H,1,9H2,2-6H3. The molecule has 0 radical (unpaired) electrons. The van der Waals surface area contributed by atoms with Crippen LogP contribution < -0.4 is 9.47 Å². The Labute approximate surface area is 155 Å². The molecule has 0 aliphatic rings. The minimum atomic E-state index is -0.819. The Hall–Kier alpha value is -1.77. The third-order valence-corrected chi connectivity index (χ3v) is 3.38. The Balaban J connectivity index is 2.94.